The second kappa shape index (κ2) is 20.1. The summed E-state index contributed by atoms with van der Waals surface area (Å²) in [6.45, 7) is 0. The van der Waals surface area contributed by atoms with Crippen LogP contribution in [0.15, 0.2) is 0 Å². The first kappa shape index (κ1) is 37.4. The topological polar surface area (TPSA) is 224 Å². The average Bonchev–Trinajstić information content (AvgIpc) is 1.45. The Labute approximate surface area is 223 Å². The van der Waals surface area contributed by atoms with E-state index in [-0.39, 0.29) is 154 Å². The molecule has 17 heteroatoms. The summed E-state index contributed by atoms with van der Waals surface area (Å²) in [5.74, 6) is 0. The van der Waals surface area contributed by atoms with Gasteiger partial charge in [0.1, 0.15) is 0 Å². The van der Waals surface area contributed by atoms with Crippen molar-refractivity contribution in [3.63, 3.8) is 0 Å². The van der Waals surface area contributed by atoms with Crippen LogP contribution < -0.4 is 159 Å². The Bertz CT molecular complexity index is 272. The van der Waals surface area contributed by atoms with Crippen LogP contribution >= 0.6 is 7.82 Å². The molecule has 0 aliphatic rings. The van der Waals surface area contributed by atoms with Crippen molar-refractivity contribution in [1.29, 1.82) is 0 Å². The molecule has 0 heterocycles. The van der Waals surface area contributed by atoms with Gasteiger partial charge in [-0.2, -0.15) is 0 Å². The van der Waals surface area contributed by atoms with Crippen LogP contribution in [0.4, 0.5) is 0 Å². The second-order valence-electron chi connectivity index (χ2n) is 1.14. The van der Waals surface area contributed by atoms with Crippen LogP contribution in [0, 0.1) is 10.1 Å². The fourth-order valence-electron chi connectivity index (χ4n) is 0. The average molecular weight is 373 g/mol. The van der Waals surface area contributed by atoms with E-state index in [0.717, 1.165) is 0 Å². The van der Waals surface area contributed by atoms with Gasteiger partial charge in [-0.25, -0.2) is 0 Å². The first-order valence-corrected chi connectivity index (χ1v) is 4.86. The van der Waals surface area contributed by atoms with Crippen molar-refractivity contribution in [2.24, 2.45) is 0 Å². The fourth-order valence-corrected chi connectivity index (χ4v) is 0. The normalized spacial score (nSPS) is 8.29. The van der Waals surface area contributed by atoms with Crippen molar-refractivity contribution in [3.05, 3.63) is 10.1 Å². The molecule has 0 bridgehead atoms. The van der Waals surface area contributed by atoms with Crippen LogP contribution in [0.3, 0.4) is 0 Å². The summed E-state index contributed by atoms with van der Waals surface area (Å²) in [6, 6.07) is 0. The fraction of sp³-hybridized carbons (Fsp3) is 0. The van der Waals surface area contributed by atoms with Gasteiger partial charge in [-0.15, -0.1) is 10.1 Å². The molecule has 0 radical (unpaired) electrons. The van der Waals surface area contributed by atoms with Gasteiger partial charge in [-0.1, -0.05) is 0 Å². The smallest absolute Gasteiger partial charge is 0.759 e. The Morgan fingerprint density at radius 2 is 1.06 bits per heavy atom. The Balaban J connectivity index is -0.0000000247. The minimum Gasteiger partial charge on any atom is -0.759 e. The molecule has 0 unspecified atom stereocenters. The predicted octanol–water partition coefficient (Wildman–Crippen LogP) is -12.2. The molecule has 3 N–H and O–H groups in total. The number of nitrogens with zero attached hydrogens (tertiary/aromatic N) is 1. The second-order valence-corrected chi connectivity index (χ2v) is 2.93. The van der Waals surface area contributed by atoms with Crippen LogP contribution in [0.1, 0.15) is 0 Å². The van der Waals surface area contributed by atoms with Crippen LogP contribution in [0.2, 0.25) is 0 Å². The van der Waals surface area contributed by atoms with Gasteiger partial charge in [0.05, 0.1) is 0 Å². The molecule has 0 rings (SSSR count). The maximum Gasteiger partial charge on any atom is 1.00 e. The molecule has 0 saturated heterocycles. The van der Waals surface area contributed by atoms with E-state index >= 15 is 0 Å². The SMILES string of the molecule is O=P([O-])(O)O.O=S(=O)([O-])[O-].O=[N+]([O-])O.[K+].[K+].[K+]. The van der Waals surface area contributed by atoms with E-state index in [2.05, 4.69) is 0 Å². The number of hydrogen-bond acceptors (Lipinski definition) is 8. The summed E-state index contributed by atoms with van der Waals surface area (Å²) < 4.78 is 42.9. The van der Waals surface area contributed by atoms with Gasteiger partial charge in [0.2, 0.25) is 0 Å². The van der Waals surface area contributed by atoms with E-state index in [1.54, 1.807) is 0 Å². The monoisotopic (exact) mass is 373 g/mol. The van der Waals surface area contributed by atoms with Gasteiger partial charge in [0.25, 0.3) is 12.9 Å². The molecule has 88 valence electrons. The zero-order valence-electron chi connectivity index (χ0n) is 8.91. The molecule has 0 aromatic carbocycles. The zero-order valence-corrected chi connectivity index (χ0v) is 20.0. The quantitative estimate of drug-likeness (QED) is 0.0901. The molecule has 0 aromatic heterocycles. The number of rotatable bonds is 0. The van der Waals surface area contributed by atoms with E-state index in [1.807, 2.05) is 0 Å². The summed E-state index contributed by atoms with van der Waals surface area (Å²) in [4.78, 5) is 31.3. The molecule has 17 heavy (non-hydrogen) atoms. The molecule has 0 atom stereocenters. The molecule has 0 amide bonds. The molecule has 0 saturated carbocycles. The maximum absolute atomic E-state index is 8.77. The van der Waals surface area contributed by atoms with Gasteiger partial charge in [-0.05, 0) is 0 Å². The minimum absolute atomic E-state index is 0. The van der Waals surface area contributed by atoms with E-state index in [1.165, 1.54) is 0 Å². The Morgan fingerprint density at radius 1 is 1.06 bits per heavy atom. The van der Waals surface area contributed by atoms with Gasteiger partial charge in [-0.3, -0.25) is 13.0 Å². The van der Waals surface area contributed by atoms with E-state index in [9.17, 15) is 0 Å². The van der Waals surface area contributed by atoms with Crippen molar-refractivity contribution in [1.82, 2.24) is 0 Å². The largest absolute Gasteiger partial charge is 1.00 e. The van der Waals surface area contributed by atoms with Crippen LogP contribution in [-0.2, 0) is 15.0 Å². The summed E-state index contributed by atoms with van der Waals surface area (Å²) in [7, 11) is -10.1. The van der Waals surface area contributed by atoms with Gasteiger partial charge in [0, 0.05) is 10.4 Å². The number of phosphoric acid groups is 1. The third-order valence-electron chi connectivity index (χ3n) is 0. The summed E-state index contributed by atoms with van der Waals surface area (Å²) in [6.07, 6.45) is 0. The number of hydrogen-bond donors (Lipinski definition) is 3. The first-order chi connectivity index (χ1) is 5.73. The molecule has 12 nitrogen and oxygen atoms in total. The van der Waals surface area contributed by atoms with Crippen molar-refractivity contribution in [3.8, 4) is 0 Å². The van der Waals surface area contributed by atoms with Crippen molar-refractivity contribution in [2.45, 2.75) is 0 Å². The van der Waals surface area contributed by atoms with Gasteiger partial charge in [0.15, 0.2) is 0 Å². The first-order valence-electron chi connectivity index (χ1n) is 2.00. The summed E-state index contributed by atoms with van der Waals surface area (Å²) in [5.41, 5.74) is 0. The third-order valence-corrected chi connectivity index (χ3v) is 0. The van der Waals surface area contributed by atoms with Crippen molar-refractivity contribution >= 4 is 18.2 Å². The van der Waals surface area contributed by atoms with Crippen LogP contribution in [-0.4, -0.2) is 37.6 Å². The van der Waals surface area contributed by atoms with Crippen LogP contribution in [0.25, 0.3) is 0 Å². The predicted molar refractivity (Wildman–Crippen MR) is 31.3 cm³/mol. The molecular formula is H3K3NO11PS. The van der Waals surface area contributed by atoms with E-state index < -0.39 is 23.3 Å². The molecule has 0 aliphatic heterocycles. The molecule has 0 aromatic rings. The molecule has 0 aliphatic carbocycles. The standard InChI is InChI=1S/3K.HNO3.H3O4P.H2O4S/c;;;2-1(3)4;2*1-5(2,3)4/h;;;(H,2,3,4);(H3,1,2,3,4);(H2,1,2,3,4)/q3*+1;;;/p-3. The Hall–Kier alpha value is 4.09. The minimum atomic E-state index is -5.17. The molecular weight excluding hydrogens is 370 g/mol. The molecule has 0 fully saturated rings. The Morgan fingerprint density at radius 3 is 1.06 bits per heavy atom. The summed E-state index contributed by atoms with van der Waals surface area (Å²) in [5, 5.41) is 13.6. The van der Waals surface area contributed by atoms with Crippen molar-refractivity contribution < 1.29 is 201 Å². The van der Waals surface area contributed by atoms with Crippen molar-refractivity contribution in [2.75, 3.05) is 0 Å². The summed E-state index contributed by atoms with van der Waals surface area (Å²) >= 11 is 0. The van der Waals surface area contributed by atoms with Crippen LogP contribution in [0.5, 0.6) is 0 Å². The zero-order chi connectivity index (χ0) is 12.6. The maximum atomic E-state index is 8.77. The van der Waals surface area contributed by atoms with Gasteiger partial charge < -0.3 is 29.0 Å². The van der Waals surface area contributed by atoms with Gasteiger partial charge >= 0.3 is 154 Å². The Kier molecular flexibility index (Phi) is 44.2. The van der Waals surface area contributed by atoms with E-state index in [4.69, 9.17) is 52.1 Å². The third kappa shape index (κ3) is 393. The molecule has 0 spiro atoms. The van der Waals surface area contributed by atoms with E-state index in [0.29, 0.717) is 0 Å².